The first kappa shape index (κ1) is 74.1. The van der Waals surface area contributed by atoms with E-state index in [9.17, 15) is 0 Å². The van der Waals surface area contributed by atoms with Gasteiger partial charge in [-0.3, -0.25) is 0 Å². The van der Waals surface area contributed by atoms with Gasteiger partial charge in [0.2, 0.25) is 0 Å². The Kier molecular flexibility index (Phi) is 55.9. The predicted molar refractivity (Wildman–Crippen MR) is 336 cm³/mol. The molecule has 0 saturated heterocycles. The van der Waals surface area contributed by atoms with Crippen molar-refractivity contribution >= 4 is 0 Å². The minimum Gasteiger partial charge on any atom is -0.0628 e. The van der Waals surface area contributed by atoms with E-state index >= 15 is 0 Å². The molecule has 0 heteroatoms. The summed E-state index contributed by atoms with van der Waals surface area (Å²) in [6.45, 7) is 38.7. The second-order valence-corrected chi connectivity index (χ2v) is 28.7. The smallest absolute Gasteiger partial charge is 0.0443 e. The van der Waals surface area contributed by atoms with Crippen LogP contribution in [0.4, 0.5) is 0 Å². The van der Waals surface area contributed by atoms with Gasteiger partial charge >= 0.3 is 0 Å². The molecule has 0 aromatic carbocycles. The largest absolute Gasteiger partial charge is 0.0628 e. The summed E-state index contributed by atoms with van der Waals surface area (Å²) in [4.78, 5) is 0. The summed E-state index contributed by atoms with van der Waals surface area (Å²) in [6.07, 6.45) is 64.2. The summed E-state index contributed by atoms with van der Waals surface area (Å²) in [5, 5.41) is 0. The molecule has 72 heavy (non-hydrogen) atoms. The standard InChI is InChI=1S/2C36H74/c2*1-31(2)27-29-35(7)24-18-14-17-23-33(5)21-15-12-10-9-11-13-16-22-34(6)25-19-20-26-36(8)30-28-32(3)4/h2*31-36H,9-30H2,1-8H3. The van der Waals surface area contributed by atoms with Gasteiger partial charge in [0.15, 0.2) is 0 Å². The highest BCUT2D eigenvalue weighted by Gasteiger charge is 2.10. The van der Waals surface area contributed by atoms with Gasteiger partial charge in [-0.15, -0.1) is 0 Å². The lowest BCUT2D eigenvalue weighted by Crippen LogP contribution is -1.99. The van der Waals surface area contributed by atoms with Crippen LogP contribution in [0.3, 0.4) is 0 Å². The van der Waals surface area contributed by atoms with Crippen molar-refractivity contribution in [1.82, 2.24) is 0 Å². The maximum absolute atomic E-state index is 2.50. The molecule has 0 rings (SSSR count). The molecule has 0 heterocycles. The van der Waals surface area contributed by atoms with E-state index in [1.54, 1.807) is 0 Å². The first-order valence-corrected chi connectivity index (χ1v) is 34.4. The van der Waals surface area contributed by atoms with Crippen molar-refractivity contribution in [2.24, 2.45) is 71.0 Å². The fourth-order valence-corrected chi connectivity index (χ4v) is 11.7. The maximum atomic E-state index is 2.50. The van der Waals surface area contributed by atoms with Crippen LogP contribution in [0, 0.1) is 71.0 Å². The van der Waals surface area contributed by atoms with Crippen LogP contribution in [0.15, 0.2) is 0 Å². The van der Waals surface area contributed by atoms with Crippen LogP contribution in [0.5, 0.6) is 0 Å². The number of rotatable bonds is 54. The van der Waals surface area contributed by atoms with Crippen LogP contribution in [0.25, 0.3) is 0 Å². The zero-order valence-electron chi connectivity index (χ0n) is 54.0. The molecule has 0 saturated carbocycles. The molecule has 0 aliphatic rings. The van der Waals surface area contributed by atoms with E-state index in [4.69, 9.17) is 0 Å². The van der Waals surface area contributed by atoms with Gasteiger partial charge in [0.05, 0.1) is 0 Å². The molecule has 0 aliphatic carbocycles. The molecule has 0 nitrogen and oxygen atoms in total. The maximum Gasteiger partial charge on any atom is -0.0443 e. The van der Waals surface area contributed by atoms with Crippen molar-refractivity contribution in [3.05, 3.63) is 0 Å². The Balaban J connectivity index is 0. The molecule has 0 radical (unpaired) electrons. The molecule has 0 amide bonds. The summed E-state index contributed by atoms with van der Waals surface area (Å²) in [7, 11) is 0. The topological polar surface area (TPSA) is 0 Å². The van der Waals surface area contributed by atoms with Crippen molar-refractivity contribution < 1.29 is 0 Å². The molecule has 0 aromatic rings. The number of unbranched alkanes of at least 4 members (excludes halogenated alkanes) is 18. The van der Waals surface area contributed by atoms with Crippen molar-refractivity contribution in [3.8, 4) is 0 Å². The fraction of sp³-hybridized carbons (Fsp3) is 1.00. The van der Waals surface area contributed by atoms with E-state index in [0.29, 0.717) is 0 Å². The van der Waals surface area contributed by atoms with Gasteiger partial charge in [0, 0.05) is 0 Å². The van der Waals surface area contributed by atoms with Gasteiger partial charge in [0.1, 0.15) is 0 Å². The predicted octanol–water partition coefficient (Wildman–Crippen LogP) is 26.9. The Morgan fingerprint density at radius 2 is 0.208 bits per heavy atom. The second-order valence-electron chi connectivity index (χ2n) is 28.7. The molecule has 8 atom stereocenters. The van der Waals surface area contributed by atoms with E-state index in [-0.39, 0.29) is 0 Å². The highest BCUT2D eigenvalue weighted by molar-refractivity contribution is 4.64. The molecule has 0 spiro atoms. The Morgan fingerprint density at radius 1 is 0.111 bits per heavy atom. The van der Waals surface area contributed by atoms with Crippen LogP contribution < -0.4 is 0 Å². The zero-order chi connectivity index (χ0) is 54.0. The minimum absolute atomic E-state index is 0.874. The Labute approximate surface area is 462 Å². The van der Waals surface area contributed by atoms with Gasteiger partial charge < -0.3 is 0 Å². The number of hydrogen-bond donors (Lipinski definition) is 0. The first-order valence-electron chi connectivity index (χ1n) is 34.4. The van der Waals surface area contributed by atoms with Gasteiger partial charge in [-0.2, -0.15) is 0 Å². The molecular formula is C72H148. The van der Waals surface area contributed by atoms with Crippen molar-refractivity contribution in [1.29, 1.82) is 0 Å². The molecule has 0 fully saturated rings. The molecule has 0 aromatic heterocycles. The van der Waals surface area contributed by atoms with Crippen molar-refractivity contribution in [2.75, 3.05) is 0 Å². The molecule has 0 N–H and O–H groups in total. The normalized spacial score (nSPS) is 15.5. The monoisotopic (exact) mass is 1010 g/mol. The average Bonchev–Trinajstić information content (AvgIpc) is 3.32. The highest BCUT2D eigenvalue weighted by atomic mass is 14.2. The van der Waals surface area contributed by atoms with Crippen LogP contribution in [0.1, 0.15) is 393 Å². The lowest BCUT2D eigenvalue weighted by molar-refractivity contribution is 0.389. The van der Waals surface area contributed by atoms with E-state index in [0.717, 1.165) is 71.0 Å². The summed E-state index contributed by atoms with van der Waals surface area (Å²) < 4.78 is 0. The SMILES string of the molecule is CC(C)CCC(C)CCCCCC(C)CCCCCCCCCC(C)CCCCC(C)CCC(C)C.CC(C)CCC(C)CCCCCC(C)CCCCCCCCCC(C)CCCCC(C)CCC(C)C. The lowest BCUT2D eigenvalue weighted by Gasteiger charge is -2.14. The fourth-order valence-electron chi connectivity index (χ4n) is 11.7. The molecule has 0 aliphatic heterocycles. The van der Waals surface area contributed by atoms with E-state index in [1.165, 1.54) is 283 Å². The first-order chi connectivity index (χ1) is 34.4. The Bertz CT molecular complexity index is 924. The van der Waals surface area contributed by atoms with Gasteiger partial charge in [-0.25, -0.2) is 0 Å². The molecule has 0 bridgehead atoms. The average molecular weight is 1010 g/mol. The molecular weight excluding hydrogens is 865 g/mol. The third-order valence-corrected chi connectivity index (χ3v) is 17.8. The highest BCUT2D eigenvalue weighted by Crippen LogP contribution is 2.26. The van der Waals surface area contributed by atoms with E-state index in [1.807, 2.05) is 0 Å². The van der Waals surface area contributed by atoms with Crippen molar-refractivity contribution in [3.63, 3.8) is 0 Å². The quantitative estimate of drug-likeness (QED) is 0.0533. The summed E-state index contributed by atoms with van der Waals surface area (Å²) in [5.74, 6) is 11.1. The second kappa shape index (κ2) is 54.4. The van der Waals surface area contributed by atoms with Crippen LogP contribution >= 0.6 is 0 Å². The summed E-state index contributed by atoms with van der Waals surface area (Å²) in [5.41, 5.74) is 0. The molecule has 8 unspecified atom stereocenters. The van der Waals surface area contributed by atoms with Crippen LogP contribution in [-0.4, -0.2) is 0 Å². The van der Waals surface area contributed by atoms with E-state index in [2.05, 4.69) is 111 Å². The van der Waals surface area contributed by atoms with Gasteiger partial charge in [-0.05, 0) is 71.0 Å². The van der Waals surface area contributed by atoms with Crippen molar-refractivity contribution in [2.45, 2.75) is 393 Å². The third kappa shape index (κ3) is 60.9. The zero-order valence-corrected chi connectivity index (χ0v) is 54.0. The van der Waals surface area contributed by atoms with Crippen LogP contribution in [-0.2, 0) is 0 Å². The van der Waals surface area contributed by atoms with Crippen LogP contribution in [0.2, 0.25) is 0 Å². The summed E-state index contributed by atoms with van der Waals surface area (Å²) in [6, 6.07) is 0. The lowest BCUT2D eigenvalue weighted by atomic mass is 9.92. The Morgan fingerprint density at radius 3 is 0.347 bits per heavy atom. The van der Waals surface area contributed by atoms with Gasteiger partial charge in [0.25, 0.3) is 0 Å². The summed E-state index contributed by atoms with van der Waals surface area (Å²) >= 11 is 0. The third-order valence-electron chi connectivity index (χ3n) is 17.8. The Hall–Kier alpha value is 0. The van der Waals surface area contributed by atoms with Gasteiger partial charge in [-0.1, -0.05) is 393 Å². The minimum atomic E-state index is 0.874. The molecule has 436 valence electrons. The van der Waals surface area contributed by atoms with E-state index < -0.39 is 0 Å². The number of hydrogen-bond acceptors (Lipinski definition) is 0.